The third-order valence-corrected chi connectivity index (χ3v) is 3.13. The van der Waals surface area contributed by atoms with Crippen LogP contribution in [-0.2, 0) is 7.05 Å². The Labute approximate surface area is 123 Å². The number of hydrogen-bond donors (Lipinski definition) is 2. The molecule has 0 fully saturated rings. The maximum Gasteiger partial charge on any atom is 0.328 e. The predicted octanol–water partition coefficient (Wildman–Crippen LogP) is 1.63. The number of carbonyl (C=O) groups is 1. The monoisotopic (exact) mass is 313 g/mol. The van der Waals surface area contributed by atoms with E-state index in [2.05, 4.69) is 10.3 Å². The zero-order valence-electron chi connectivity index (χ0n) is 10.2. The quantitative estimate of drug-likeness (QED) is 0.884. The largest absolute Gasteiger partial charge is 0.328 e. The third kappa shape index (κ3) is 2.92. The van der Waals surface area contributed by atoms with Crippen molar-refractivity contribution < 1.29 is 4.79 Å². The highest BCUT2D eigenvalue weighted by atomic mass is 35.5. The van der Waals surface area contributed by atoms with Gasteiger partial charge in [0, 0.05) is 18.1 Å². The Bertz CT molecular complexity index is 764. The Morgan fingerprint density at radius 1 is 1.25 bits per heavy atom. The number of benzene rings is 1. The summed E-state index contributed by atoms with van der Waals surface area (Å²) in [5.41, 5.74) is -1.14. The molecule has 104 valence electrons. The summed E-state index contributed by atoms with van der Waals surface area (Å²) in [5.74, 6) is -0.663. The molecule has 20 heavy (non-hydrogen) atoms. The van der Waals surface area contributed by atoms with E-state index in [-0.39, 0.29) is 16.4 Å². The van der Waals surface area contributed by atoms with E-state index in [0.29, 0.717) is 5.02 Å². The van der Waals surface area contributed by atoms with E-state index in [9.17, 15) is 14.4 Å². The number of nitrogens with zero attached hydrogens (tertiary/aromatic N) is 1. The smallest absolute Gasteiger partial charge is 0.319 e. The second-order valence-electron chi connectivity index (χ2n) is 3.96. The first kappa shape index (κ1) is 14.4. The van der Waals surface area contributed by atoms with E-state index in [4.69, 9.17) is 23.2 Å². The Kier molecular flexibility index (Phi) is 3.96. The summed E-state index contributed by atoms with van der Waals surface area (Å²) in [6.45, 7) is 0. The number of carbonyl (C=O) groups excluding carboxylic acids is 1. The number of hydrogen-bond acceptors (Lipinski definition) is 3. The lowest BCUT2D eigenvalue weighted by atomic mass is 10.3. The van der Waals surface area contributed by atoms with Crippen LogP contribution in [0.15, 0.2) is 33.9 Å². The summed E-state index contributed by atoms with van der Waals surface area (Å²) in [5, 5.41) is 3.14. The van der Waals surface area contributed by atoms with Gasteiger partial charge in [-0.2, -0.15) is 0 Å². The van der Waals surface area contributed by atoms with Crippen molar-refractivity contribution in [3.63, 3.8) is 0 Å². The highest BCUT2D eigenvalue weighted by Gasteiger charge is 2.12. The van der Waals surface area contributed by atoms with Crippen molar-refractivity contribution in [3.8, 4) is 0 Å². The molecule has 0 aliphatic carbocycles. The minimum atomic E-state index is -0.681. The molecule has 8 heteroatoms. The first-order chi connectivity index (χ1) is 9.38. The van der Waals surface area contributed by atoms with Crippen LogP contribution in [0.5, 0.6) is 0 Å². The average Bonchev–Trinajstić information content (AvgIpc) is 2.39. The van der Waals surface area contributed by atoms with Crippen molar-refractivity contribution in [2.45, 2.75) is 0 Å². The van der Waals surface area contributed by atoms with Gasteiger partial charge in [0.1, 0.15) is 5.69 Å². The van der Waals surface area contributed by atoms with Gasteiger partial charge in [-0.3, -0.25) is 14.2 Å². The van der Waals surface area contributed by atoms with Crippen LogP contribution in [0.3, 0.4) is 0 Å². The minimum absolute atomic E-state index is 0.158. The van der Waals surface area contributed by atoms with Crippen LogP contribution in [0, 0.1) is 0 Å². The molecule has 2 rings (SSSR count). The van der Waals surface area contributed by atoms with Crippen molar-refractivity contribution in [3.05, 3.63) is 60.8 Å². The highest BCUT2D eigenvalue weighted by Crippen LogP contribution is 2.25. The number of amides is 1. The van der Waals surface area contributed by atoms with Crippen LogP contribution in [0.2, 0.25) is 10.0 Å². The normalized spacial score (nSPS) is 10.3. The number of H-pyrrole nitrogens is 1. The maximum atomic E-state index is 12.0. The first-order valence-corrected chi connectivity index (χ1v) is 6.21. The minimum Gasteiger partial charge on any atom is -0.319 e. The summed E-state index contributed by atoms with van der Waals surface area (Å²) in [7, 11) is 1.30. The topological polar surface area (TPSA) is 84.0 Å². The summed E-state index contributed by atoms with van der Waals surface area (Å²) in [6.07, 6.45) is 0. The molecule has 0 bridgehead atoms. The van der Waals surface area contributed by atoms with Crippen molar-refractivity contribution in [1.82, 2.24) is 9.55 Å². The van der Waals surface area contributed by atoms with Gasteiger partial charge >= 0.3 is 5.69 Å². The number of anilines is 1. The molecule has 0 saturated carbocycles. The molecule has 0 aliphatic rings. The molecule has 2 N–H and O–H groups in total. The van der Waals surface area contributed by atoms with Gasteiger partial charge in [0.05, 0.1) is 10.7 Å². The van der Waals surface area contributed by atoms with Crippen LogP contribution >= 0.6 is 23.2 Å². The fourth-order valence-electron chi connectivity index (χ4n) is 1.46. The number of aromatic nitrogens is 2. The second kappa shape index (κ2) is 5.52. The van der Waals surface area contributed by atoms with Crippen LogP contribution in [0.4, 0.5) is 5.69 Å². The van der Waals surface area contributed by atoms with Crippen LogP contribution < -0.4 is 16.6 Å². The molecule has 1 aromatic heterocycles. The van der Waals surface area contributed by atoms with Crippen LogP contribution in [0.25, 0.3) is 0 Å². The van der Waals surface area contributed by atoms with E-state index in [1.54, 1.807) is 6.07 Å². The fraction of sp³-hybridized carbons (Fsp3) is 0.0833. The van der Waals surface area contributed by atoms with Crippen molar-refractivity contribution in [1.29, 1.82) is 0 Å². The van der Waals surface area contributed by atoms with E-state index < -0.39 is 17.2 Å². The zero-order chi connectivity index (χ0) is 14.9. The molecule has 0 saturated heterocycles. The lowest BCUT2D eigenvalue weighted by molar-refractivity contribution is 0.102. The van der Waals surface area contributed by atoms with E-state index >= 15 is 0 Å². The summed E-state index contributed by atoms with van der Waals surface area (Å²) in [6, 6.07) is 5.57. The highest BCUT2D eigenvalue weighted by molar-refractivity contribution is 6.35. The number of nitrogens with one attached hydrogen (secondary N) is 2. The van der Waals surface area contributed by atoms with E-state index in [1.807, 2.05) is 0 Å². The van der Waals surface area contributed by atoms with Gasteiger partial charge < -0.3 is 10.3 Å². The van der Waals surface area contributed by atoms with E-state index in [0.717, 1.165) is 10.6 Å². The fourth-order valence-corrected chi connectivity index (χ4v) is 1.80. The number of aromatic amines is 1. The van der Waals surface area contributed by atoms with Crippen molar-refractivity contribution >= 4 is 34.8 Å². The molecule has 0 aliphatic heterocycles. The van der Waals surface area contributed by atoms with Crippen molar-refractivity contribution in [2.24, 2.45) is 7.05 Å². The molecule has 1 amide bonds. The second-order valence-corrected chi connectivity index (χ2v) is 4.81. The van der Waals surface area contributed by atoms with Gasteiger partial charge in [0.25, 0.3) is 11.5 Å². The number of rotatable bonds is 2. The molecule has 0 atom stereocenters. The molecular weight excluding hydrogens is 305 g/mol. The lowest BCUT2D eigenvalue weighted by Gasteiger charge is -2.07. The Balaban J connectivity index is 2.36. The predicted molar refractivity (Wildman–Crippen MR) is 76.7 cm³/mol. The molecule has 6 nitrogen and oxygen atoms in total. The van der Waals surface area contributed by atoms with Gasteiger partial charge in [0.2, 0.25) is 0 Å². The average molecular weight is 314 g/mol. The Morgan fingerprint density at radius 2 is 1.95 bits per heavy atom. The van der Waals surface area contributed by atoms with Gasteiger partial charge in [-0.15, -0.1) is 0 Å². The SMILES string of the molecule is Cn1c(=O)cc(C(=O)Nc2cc(Cl)ccc2Cl)[nH]c1=O. The summed E-state index contributed by atoms with van der Waals surface area (Å²) >= 11 is 11.7. The van der Waals surface area contributed by atoms with E-state index in [1.165, 1.54) is 19.2 Å². The van der Waals surface area contributed by atoms with Gasteiger partial charge in [-0.1, -0.05) is 23.2 Å². The molecule has 1 heterocycles. The first-order valence-electron chi connectivity index (χ1n) is 5.45. The maximum absolute atomic E-state index is 12.0. The van der Waals surface area contributed by atoms with Gasteiger partial charge in [-0.05, 0) is 18.2 Å². The third-order valence-electron chi connectivity index (χ3n) is 2.57. The Morgan fingerprint density at radius 3 is 2.60 bits per heavy atom. The van der Waals surface area contributed by atoms with Crippen molar-refractivity contribution in [2.75, 3.05) is 5.32 Å². The Hall–Kier alpha value is -2.05. The molecular formula is C12H9Cl2N3O3. The molecule has 0 unspecified atom stereocenters. The summed E-state index contributed by atoms with van der Waals surface area (Å²) < 4.78 is 0.850. The molecule has 2 aromatic rings. The summed E-state index contributed by atoms with van der Waals surface area (Å²) in [4.78, 5) is 37.1. The standard InChI is InChI=1S/C12H9Cl2N3O3/c1-17-10(18)5-9(16-12(17)20)11(19)15-8-4-6(13)2-3-7(8)14/h2-5H,1H3,(H,15,19)(H,16,20). The number of halogens is 2. The zero-order valence-corrected chi connectivity index (χ0v) is 11.7. The lowest BCUT2D eigenvalue weighted by Crippen LogP contribution is -2.34. The molecule has 0 spiro atoms. The van der Waals surface area contributed by atoms with Crippen LogP contribution in [-0.4, -0.2) is 15.5 Å². The van der Waals surface area contributed by atoms with Gasteiger partial charge in [-0.25, -0.2) is 4.79 Å². The van der Waals surface area contributed by atoms with Crippen LogP contribution in [0.1, 0.15) is 10.5 Å². The molecule has 0 radical (unpaired) electrons. The van der Waals surface area contributed by atoms with Gasteiger partial charge in [0.15, 0.2) is 0 Å². The molecule has 1 aromatic carbocycles.